The van der Waals surface area contributed by atoms with E-state index in [9.17, 15) is 4.79 Å². The van der Waals surface area contributed by atoms with Crippen LogP contribution in [0.2, 0.25) is 0 Å². The van der Waals surface area contributed by atoms with Crippen LogP contribution >= 0.6 is 0 Å². The Morgan fingerprint density at radius 2 is 2.17 bits per heavy atom. The summed E-state index contributed by atoms with van der Waals surface area (Å²) in [4.78, 5) is 10.6. The number of carbonyl (C=O) groups excluding carboxylic acids is 1. The van der Waals surface area contributed by atoms with Crippen LogP contribution in [0.15, 0.2) is 24.3 Å². The summed E-state index contributed by atoms with van der Waals surface area (Å²) in [5.74, 6) is -0.207. The van der Waals surface area contributed by atoms with Gasteiger partial charge in [0.25, 0.3) is 0 Å². The van der Waals surface area contributed by atoms with Gasteiger partial charge >= 0.3 is 0 Å². The Labute approximate surface area is 71.4 Å². The Hall–Kier alpha value is -1.15. The molecule has 0 aliphatic heterocycles. The molecule has 0 saturated carbocycles. The number of nitrogens with two attached hydrogens (primary N) is 1. The summed E-state index contributed by atoms with van der Waals surface area (Å²) in [5, 5.41) is 0. The molecule has 1 aromatic carbocycles. The van der Waals surface area contributed by atoms with E-state index >= 15 is 0 Å². The molecule has 1 aromatic rings. The largest absolute Gasteiger partial charge is 0.326 e. The third-order valence-corrected chi connectivity index (χ3v) is 2.40. The first-order chi connectivity index (χ1) is 5.83. The molecule has 12 heavy (non-hydrogen) atoms. The topological polar surface area (TPSA) is 43.1 Å². The molecule has 2 N–H and O–H groups in total. The van der Waals surface area contributed by atoms with Crippen molar-refractivity contribution in [3.05, 3.63) is 35.4 Å². The molecule has 0 aromatic heterocycles. The van der Waals surface area contributed by atoms with Gasteiger partial charge in [-0.3, -0.25) is 4.79 Å². The molecular weight excluding hydrogens is 150 g/mol. The summed E-state index contributed by atoms with van der Waals surface area (Å²) in [6.07, 6.45) is 2.80. The summed E-state index contributed by atoms with van der Waals surface area (Å²) in [7, 11) is 0. The third kappa shape index (κ3) is 0.959. The minimum Gasteiger partial charge on any atom is -0.326 e. The molecule has 2 atom stereocenters. The Morgan fingerprint density at radius 1 is 1.42 bits per heavy atom. The van der Waals surface area contributed by atoms with Gasteiger partial charge in [0.15, 0.2) is 0 Å². The van der Waals surface area contributed by atoms with Gasteiger partial charge in [0.05, 0.1) is 5.92 Å². The standard InChI is InChI=1S/C10H10NO/c11-10-5-7-3-1-2-4-8(7)9(10)6-12/h1-4,9-10H,5,11H2. The second kappa shape index (κ2) is 2.72. The van der Waals surface area contributed by atoms with Crippen molar-refractivity contribution in [2.24, 2.45) is 5.73 Å². The van der Waals surface area contributed by atoms with Crippen LogP contribution in [-0.2, 0) is 11.2 Å². The van der Waals surface area contributed by atoms with Crippen molar-refractivity contribution >= 4 is 6.29 Å². The highest BCUT2D eigenvalue weighted by molar-refractivity contribution is 5.67. The first-order valence-electron chi connectivity index (χ1n) is 4.04. The van der Waals surface area contributed by atoms with Crippen LogP contribution in [0.5, 0.6) is 0 Å². The maximum Gasteiger partial charge on any atom is 0.208 e. The lowest BCUT2D eigenvalue weighted by Gasteiger charge is -2.06. The predicted molar refractivity (Wildman–Crippen MR) is 46.6 cm³/mol. The molecule has 0 fully saturated rings. The zero-order chi connectivity index (χ0) is 8.55. The minimum atomic E-state index is -0.207. The fourth-order valence-corrected chi connectivity index (χ4v) is 1.78. The Balaban J connectivity index is 2.47. The molecule has 0 bridgehead atoms. The van der Waals surface area contributed by atoms with E-state index in [2.05, 4.69) is 0 Å². The van der Waals surface area contributed by atoms with E-state index in [1.165, 1.54) is 5.56 Å². The number of hydrogen-bond donors (Lipinski definition) is 1. The molecule has 2 unspecified atom stereocenters. The Bertz CT molecular complexity index is 308. The lowest BCUT2D eigenvalue weighted by molar-refractivity contribution is 0.530. The van der Waals surface area contributed by atoms with E-state index in [4.69, 9.17) is 5.73 Å². The fourth-order valence-electron chi connectivity index (χ4n) is 1.78. The maximum atomic E-state index is 10.6. The molecule has 61 valence electrons. The van der Waals surface area contributed by atoms with Gasteiger partial charge in [-0.05, 0) is 17.5 Å². The molecular formula is C10H10NO. The molecule has 0 heterocycles. The predicted octanol–water partition coefficient (Wildman–Crippen LogP) is 0.763. The van der Waals surface area contributed by atoms with Gasteiger partial charge in [-0.25, -0.2) is 0 Å². The Morgan fingerprint density at radius 3 is 2.92 bits per heavy atom. The summed E-state index contributed by atoms with van der Waals surface area (Å²) in [5.41, 5.74) is 8.03. The van der Waals surface area contributed by atoms with Gasteiger partial charge in [-0.2, -0.15) is 0 Å². The highest BCUT2D eigenvalue weighted by Gasteiger charge is 2.29. The van der Waals surface area contributed by atoms with Crippen LogP contribution in [-0.4, -0.2) is 12.3 Å². The highest BCUT2D eigenvalue weighted by atomic mass is 16.1. The van der Waals surface area contributed by atoms with Crippen LogP contribution in [0.25, 0.3) is 0 Å². The van der Waals surface area contributed by atoms with Crippen molar-refractivity contribution in [1.82, 2.24) is 0 Å². The van der Waals surface area contributed by atoms with E-state index < -0.39 is 0 Å². The molecule has 1 aliphatic rings. The summed E-state index contributed by atoms with van der Waals surface area (Å²) in [6, 6.07) is 7.81. The van der Waals surface area contributed by atoms with Crippen LogP contribution < -0.4 is 5.73 Å². The maximum absolute atomic E-state index is 10.6. The molecule has 0 amide bonds. The van der Waals surface area contributed by atoms with Crippen LogP contribution in [0.4, 0.5) is 0 Å². The summed E-state index contributed by atoms with van der Waals surface area (Å²) < 4.78 is 0. The number of fused-ring (bicyclic) bond motifs is 1. The smallest absolute Gasteiger partial charge is 0.208 e. The second-order valence-corrected chi connectivity index (χ2v) is 3.16. The average molecular weight is 160 g/mol. The van der Waals surface area contributed by atoms with Crippen molar-refractivity contribution in [3.8, 4) is 0 Å². The molecule has 1 radical (unpaired) electrons. The van der Waals surface area contributed by atoms with Crippen molar-refractivity contribution in [1.29, 1.82) is 0 Å². The van der Waals surface area contributed by atoms with E-state index in [1.54, 1.807) is 0 Å². The van der Waals surface area contributed by atoms with Gasteiger partial charge < -0.3 is 5.73 Å². The highest BCUT2D eigenvalue weighted by Crippen LogP contribution is 2.30. The van der Waals surface area contributed by atoms with E-state index in [-0.39, 0.29) is 12.0 Å². The van der Waals surface area contributed by atoms with Gasteiger partial charge in [0.1, 0.15) is 0 Å². The van der Waals surface area contributed by atoms with Gasteiger partial charge in [0, 0.05) is 6.04 Å². The molecule has 1 aliphatic carbocycles. The lowest BCUT2D eigenvalue weighted by Crippen LogP contribution is -2.25. The summed E-state index contributed by atoms with van der Waals surface area (Å²) in [6.45, 7) is 0. The van der Waals surface area contributed by atoms with Crippen molar-refractivity contribution in [3.63, 3.8) is 0 Å². The van der Waals surface area contributed by atoms with Crippen LogP contribution in [0.1, 0.15) is 17.0 Å². The molecule has 2 rings (SSSR count). The summed E-state index contributed by atoms with van der Waals surface area (Å²) >= 11 is 0. The van der Waals surface area contributed by atoms with E-state index in [0.29, 0.717) is 0 Å². The first kappa shape index (κ1) is 7.50. The van der Waals surface area contributed by atoms with Gasteiger partial charge in [0.2, 0.25) is 6.29 Å². The van der Waals surface area contributed by atoms with Gasteiger partial charge in [-0.15, -0.1) is 0 Å². The SMILES string of the molecule is NC1Cc2ccccc2C1[C]=O. The zero-order valence-corrected chi connectivity index (χ0v) is 6.66. The van der Waals surface area contributed by atoms with Crippen molar-refractivity contribution < 1.29 is 4.79 Å². The number of hydrogen-bond acceptors (Lipinski definition) is 2. The van der Waals surface area contributed by atoms with E-state index in [0.717, 1.165) is 12.0 Å². The van der Waals surface area contributed by atoms with Crippen LogP contribution in [0, 0.1) is 0 Å². The third-order valence-electron chi connectivity index (χ3n) is 2.40. The first-order valence-corrected chi connectivity index (χ1v) is 4.04. The Kier molecular flexibility index (Phi) is 1.70. The minimum absolute atomic E-state index is 0.0695. The average Bonchev–Trinajstić information content (AvgIpc) is 2.40. The second-order valence-electron chi connectivity index (χ2n) is 3.16. The number of rotatable bonds is 1. The van der Waals surface area contributed by atoms with Crippen molar-refractivity contribution in [2.75, 3.05) is 0 Å². The zero-order valence-electron chi connectivity index (χ0n) is 6.66. The molecule has 2 nitrogen and oxygen atoms in total. The quantitative estimate of drug-likeness (QED) is 0.659. The lowest BCUT2D eigenvalue weighted by atomic mass is 10.0. The monoisotopic (exact) mass is 160 g/mol. The number of benzene rings is 1. The molecule has 2 heteroatoms. The fraction of sp³-hybridized carbons (Fsp3) is 0.300. The van der Waals surface area contributed by atoms with Crippen molar-refractivity contribution in [2.45, 2.75) is 18.4 Å². The van der Waals surface area contributed by atoms with Gasteiger partial charge in [-0.1, -0.05) is 24.3 Å². The van der Waals surface area contributed by atoms with E-state index in [1.807, 2.05) is 30.6 Å². The normalized spacial score (nSPS) is 26.8. The molecule has 0 spiro atoms. The molecule has 0 saturated heterocycles. The van der Waals surface area contributed by atoms with Crippen LogP contribution in [0.3, 0.4) is 0 Å².